The van der Waals surface area contributed by atoms with Crippen molar-refractivity contribution in [1.82, 2.24) is 20.3 Å². The van der Waals surface area contributed by atoms with Crippen LogP contribution in [0.25, 0.3) is 10.8 Å². The standard InChI is InChI=1S/C15H10BrN5OS3/c16-9-3-1-4-10(7-9)17-14-19-20-15(25-14)24-8-12-18-13(22-21-12)11-5-2-6-23-11/h1-7H,8H2,(H,17,19). The Balaban J connectivity index is 1.37. The fourth-order valence-electron chi connectivity index (χ4n) is 1.95. The van der Waals surface area contributed by atoms with E-state index in [1.807, 2.05) is 41.8 Å². The van der Waals surface area contributed by atoms with Crippen LogP contribution in [0.2, 0.25) is 0 Å². The molecule has 0 bridgehead atoms. The van der Waals surface area contributed by atoms with Crippen molar-refractivity contribution in [3.63, 3.8) is 0 Å². The average molecular weight is 452 g/mol. The van der Waals surface area contributed by atoms with Crippen LogP contribution in [0, 0.1) is 0 Å². The number of halogens is 1. The first-order chi connectivity index (χ1) is 12.3. The Bertz CT molecular complexity index is 969. The highest BCUT2D eigenvalue weighted by Crippen LogP contribution is 2.30. The molecule has 0 saturated carbocycles. The summed E-state index contributed by atoms with van der Waals surface area (Å²) >= 11 is 8.04. The van der Waals surface area contributed by atoms with Gasteiger partial charge in [-0.25, -0.2) is 0 Å². The summed E-state index contributed by atoms with van der Waals surface area (Å²) in [5.74, 6) is 1.78. The maximum absolute atomic E-state index is 5.28. The van der Waals surface area contributed by atoms with Crippen LogP contribution in [-0.4, -0.2) is 20.3 Å². The number of thiophene rings is 1. The van der Waals surface area contributed by atoms with Crippen molar-refractivity contribution in [1.29, 1.82) is 0 Å². The first-order valence-electron chi connectivity index (χ1n) is 7.11. The van der Waals surface area contributed by atoms with Gasteiger partial charge in [0, 0.05) is 10.2 Å². The molecule has 0 atom stereocenters. The maximum atomic E-state index is 5.28. The minimum Gasteiger partial charge on any atom is -0.333 e. The van der Waals surface area contributed by atoms with E-state index in [-0.39, 0.29) is 0 Å². The predicted molar refractivity (Wildman–Crippen MR) is 105 cm³/mol. The summed E-state index contributed by atoms with van der Waals surface area (Å²) in [5.41, 5.74) is 0.959. The van der Waals surface area contributed by atoms with E-state index in [0.717, 1.165) is 24.5 Å². The summed E-state index contributed by atoms with van der Waals surface area (Å²) in [4.78, 5) is 5.37. The maximum Gasteiger partial charge on any atom is 0.268 e. The summed E-state index contributed by atoms with van der Waals surface area (Å²) in [5, 5.41) is 18.3. The molecule has 10 heteroatoms. The Labute approximate surface area is 163 Å². The first-order valence-corrected chi connectivity index (χ1v) is 10.6. The number of nitrogens with zero attached hydrogens (tertiary/aromatic N) is 4. The van der Waals surface area contributed by atoms with Gasteiger partial charge in [-0.05, 0) is 29.6 Å². The second-order valence-corrected chi connectivity index (χ2v) is 8.85. The number of benzene rings is 1. The van der Waals surface area contributed by atoms with E-state index < -0.39 is 0 Å². The van der Waals surface area contributed by atoms with Gasteiger partial charge in [0.15, 0.2) is 10.2 Å². The first kappa shape index (κ1) is 16.7. The van der Waals surface area contributed by atoms with E-state index >= 15 is 0 Å². The average Bonchev–Trinajstić information content (AvgIpc) is 3.34. The molecule has 1 N–H and O–H groups in total. The van der Waals surface area contributed by atoms with Crippen LogP contribution < -0.4 is 5.32 Å². The summed E-state index contributed by atoms with van der Waals surface area (Å²) in [6.45, 7) is 0. The Morgan fingerprint density at radius 2 is 2.16 bits per heavy atom. The molecule has 0 amide bonds. The Hall–Kier alpha value is -1.75. The third-order valence-electron chi connectivity index (χ3n) is 3.01. The molecule has 0 aliphatic heterocycles. The summed E-state index contributed by atoms with van der Waals surface area (Å²) in [6.07, 6.45) is 0. The van der Waals surface area contributed by atoms with Crippen LogP contribution in [0.3, 0.4) is 0 Å². The van der Waals surface area contributed by atoms with Gasteiger partial charge in [-0.1, -0.05) is 56.3 Å². The smallest absolute Gasteiger partial charge is 0.268 e. The molecule has 0 aliphatic carbocycles. The molecule has 4 aromatic rings. The second kappa shape index (κ2) is 7.65. The SMILES string of the molecule is Brc1cccc(Nc2nnc(SCc3noc(-c4cccs4)n3)s2)c1. The van der Waals surface area contributed by atoms with Crippen molar-refractivity contribution in [2.75, 3.05) is 5.32 Å². The number of anilines is 2. The molecular weight excluding hydrogens is 442 g/mol. The molecular formula is C15H10BrN5OS3. The summed E-state index contributed by atoms with van der Waals surface area (Å²) in [6, 6.07) is 11.8. The van der Waals surface area contributed by atoms with Crippen molar-refractivity contribution in [2.24, 2.45) is 0 Å². The number of hydrogen-bond donors (Lipinski definition) is 1. The number of hydrogen-bond acceptors (Lipinski definition) is 9. The monoisotopic (exact) mass is 451 g/mol. The van der Waals surface area contributed by atoms with Gasteiger partial charge in [0.1, 0.15) is 0 Å². The molecule has 0 aliphatic rings. The van der Waals surface area contributed by atoms with Crippen LogP contribution in [0.15, 0.2) is 55.1 Å². The fraction of sp³-hybridized carbons (Fsp3) is 0.0667. The molecule has 0 fully saturated rings. The highest BCUT2D eigenvalue weighted by Gasteiger charge is 2.12. The number of aromatic nitrogens is 4. The topological polar surface area (TPSA) is 76.7 Å². The predicted octanol–water partition coefficient (Wildman–Crippen LogP) is 5.45. The van der Waals surface area contributed by atoms with Crippen LogP contribution in [0.5, 0.6) is 0 Å². The number of thioether (sulfide) groups is 1. The molecule has 25 heavy (non-hydrogen) atoms. The number of nitrogens with one attached hydrogen (secondary N) is 1. The zero-order valence-electron chi connectivity index (χ0n) is 12.5. The van der Waals surface area contributed by atoms with E-state index in [0.29, 0.717) is 17.5 Å². The molecule has 3 heterocycles. The van der Waals surface area contributed by atoms with Crippen molar-refractivity contribution in [2.45, 2.75) is 10.1 Å². The lowest BCUT2D eigenvalue weighted by Crippen LogP contribution is -1.88. The largest absolute Gasteiger partial charge is 0.333 e. The van der Waals surface area contributed by atoms with Crippen LogP contribution in [0.1, 0.15) is 5.82 Å². The Morgan fingerprint density at radius 1 is 1.20 bits per heavy atom. The quantitative estimate of drug-likeness (QED) is 0.390. The third-order valence-corrected chi connectivity index (χ3v) is 6.33. The van der Waals surface area contributed by atoms with Crippen molar-refractivity contribution in [3.05, 3.63) is 52.1 Å². The van der Waals surface area contributed by atoms with Gasteiger partial charge in [0.05, 0.1) is 10.6 Å². The molecule has 0 unspecified atom stereocenters. The van der Waals surface area contributed by atoms with E-state index in [9.17, 15) is 0 Å². The van der Waals surface area contributed by atoms with E-state index in [1.165, 1.54) is 23.1 Å². The lowest BCUT2D eigenvalue weighted by Gasteiger charge is -2.01. The van der Waals surface area contributed by atoms with Crippen molar-refractivity contribution in [3.8, 4) is 10.8 Å². The van der Waals surface area contributed by atoms with Gasteiger partial charge in [0.25, 0.3) is 5.89 Å². The molecule has 0 radical (unpaired) electrons. The Kier molecular flexibility index (Phi) is 5.11. The lowest BCUT2D eigenvalue weighted by molar-refractivity contribution is 0.426. The zero-order chi connectivity index (χ0) is 17.1. The van der Waals surface area contributed by atoms with Gasteiger partial charge in [-0.3, -0.25) is 0 Å². The Morgan fingerprint density at radius 3 is 3.00 bits per heavy atom. The van der Waals surface area contributed by atoms with Gasteiger partial charge in [-0.2, -0.15) is 4.98 Å². The highest BCUT2D eigenvalue weighted by atomic mass is 79.9. The highest BCUT2D eigenvalue weighted by molar-refractivity contribution is 9.10. The molecule has 126 valence electrons. The van der Waals surface area contributed by atoms with E-state index in [2.05, 4.69) is 41.6 Å². The summed E-state index contributed by atoms with van der Waals surface area (Å²) < 4.78 is 7.14. The minimum absolute atomic E-state index is 0.555. The van der Waals surface area contributed by atoms with E-state index in [4.69, 9.17) is 4.52 Å². The fourth-order valence-corrected chi connectivity index (χ4v) is 4.61. The molecule has 0 spiro atoms. The van der Waals surface area contributed by atoms with Crippen molar-refractivity contribution >= 4 is 61.2 Å². The zero-order valence-corrected chi connectivity index (χ0v) is 16.6. The van der Waals surface area contributed by atoms with Crippen molar-refractivity contribution < 1.29 is 4.52 Å². The molecule has 6 nitrogen and oxygen atoms in total. The van der Waals surface area contributed by atoms with Gasteiger partial charge >= 0.3 is 0 Å². The van der Waals surface area contributed by atoms with Crippen LogP contribution in [-0.2, 0) is 5.75 Å². The second-order valence-electron chi connectivity index (χ2n) is 4.79. The normalized spacial score (nSPS) is 10.9. The summed E-state index contributed by atoms with van der Waals surface area (Å²) in [7, 11) is 0. The van der Waals surface area contributed by atoms with Crippen LogP contribution in [0.4, 0.5) is 10.8 Å². The van der Waals surface area contributed by atoms with Gasteiger partial charge in [0.2, 0.25) is 5.13 Å². The molecule has 1 aromatic carbocycles. The van der Waals surface area contributed by atoms with E-state index in [1.54, 1.807) is 11.3 Å². The lowest BCUT2D eigenvalue weighted by atomic mass is 10.3. The molecule has 4 rings (SSSR count). The molecule has 0 saturated heterocycles. The third kappa shape index (κ3) is 4.27. The molecule has 3 aromatic heterocycles. The van der Waals surface area contributed by atoms with Gasteiger partial charge < -0.3 is 9.84 Å². The van der Waals surface area contributed by atoms with Crippen LogP contribution >= 0.6 is 50.4 Å². The number of rotatable bonds is 6. The van der Waals surface area contributed by atoms with Gasteiger partial charge in [-0.15, -0.1) is 21.5 Å². The minimum atomic E-state index is 0.555.